The van der Waals surface area contributed by atoms with E-state index in [2.05, 4.69) is 15.3 Å². The van der Waals surface area contributed by atoms with E-state index in [1.54, 1.807) is 19.3 Å². The highest BCUT2D eigenvalue weighted by atomic mass is 19.1. The van der Waals surface area contributed by atoms with E-state index in [0.29, 0.717) is 6.54 Å². The van der Waals surface area contributed by atoms with Crippen LogP contribution in [0.5, 0.6) is 0 Å². The standard InChI is InChI=1S/C17H21FN4/c1-19-17(21-11-9-16-8-3-4-10-20-16)22(2)13-14-6-5-7-15(18)12-14/h3-8,10,12H,9,11,13H2,1-2H3,(H,19,21). The Morgan fingerprint density at radius 3 is 2.82 bits per heavy atom. The van der Waals surface area contributed by atoms with E-state index >= 15 is 0 Å². The van der Waals surface area contributed by atoms with Crippen LogP contribution in [0, 0.1) is 5.82 Å². The summed E-state index contributed by atoms with van der Waals surface area (Å²) in [7, 11) is 3.67. The summed E-state index contributed by atoms with van der Waals surface area (Å²) in [6.45, 7) is 1.35. The van der Waals surface area contributed by atoms with Gasteiger partial charge in [-0.2, -0.15) is 0 Å². The number of hydrogen-bond acceptors (Lipinski definition) is 2. The highest BCUT2D eigenvalue weighted by Gasteiger charge is 2.07. The minimum absolute atomic E-state index is 0.219. The molecule has 22 heavy (non-hydrogen) atoms. The maximum absolute atomic E-state index is 13.2. The largest absolute Gasteiger partial charge is 0.356 e. The van der Waals surface area contributed by atoms with E-state index < -0.39 is 0 Å². The fraction of sp³-hybridized carbons (Fsp3) is 0.294. The molecule has 0 spiro atoms. The zero-order valence-electron chi connectivity index (χ0n) is 13.0. The first-order chi connectivity index (χ1) is 10.7. The lowest BCUT2D eigenvalue weighted by Gasteiger charge is -2.22. The van der Waals surface area contributed by atoms with E-state index in [-0.39, 0.29) is 5.82 Å². The van der Waals surface area contributed by atoms with Gasteiger partial charge in [0.1, 0.15) is 5.82 Å². The molecule has 1 N–H and O–H groups in total. The Labute approximate surface area is 130 Å². The van der Waals surface area contributed by atoms with Crippen molar-refractivity contribution >= 4 is 5.96 Å². The van der Waals surface area contributed by atoms with Gasteiger partial charge in [-0.15, -0.1) is 0 Å². The molecule has 0 aliphatic carbocycles. The van der Waals surface area contributed by atoms with Gasteiger partial charge in [-0.1, -0.05) is 18.2 Å². The van der Waals surface area contributed by atoms with Gasteiger partial charge in [-0.25, -0.2) is 4.39 Å². The molecule has 2 aromatic rings. The van der Waals surface area contributed by atoms with Crippen molar-refractivity contribution in [1.29, 1.82) is 0 Å². The summed E-state index contributed by atoms with van der Waals surface area (Å²) in [6, 6.07) is 12.5. The van der Waals surface area contributed by atoms with Gasteiger partial charge in [-0.3, -0.25) is 9.98 Å². The van der Waals surface area contributed by atoms with Gasteiger partial charge in [0.25, 0.3) is 0 Å². The number of rotatable bonds is 5. The number of aliphatic imine (C=N–C) groups is 1. The maximum Gasteiger partial charge on any atom is 0.193 e. The van der Waals surface area contributed by atoms with Crippen molar-refractivity contribution in [3.8, 4) is 0 Å². The molecule has 0 fully saturated rings. The molecule has 5 heteroatoms. The molecule has 0 radical (unpaired) electrons. The number of nitrogens with zero attached hydrogens (tertiary/aromatic N) is 3. The molecule has 0 saturated carbocycles. The van der Waals surface area contributed by atoms with E-state index in [0.717, 1.165) is 30.2 Å². The van der Waals surface area contributed by atoms with Crippen LogP contribution in [-0.2, 0) is 13.0 Å². The minimum atomic E-state index is -0.219. The van der Waals surface area contributed by atoms with Crippen LogP contribution in [0.1, 0.15) is 11.3 Å². The molecule has 0 bridgehead atoms. The van der Waals surface area contributed by atoms with Gasteiger partial charge in [0.05, 0.1) is 0 Å². The highest BCUT2D eigenvalue weighted by Crippen LogP contribution is 2.06. The second-order valence-electron chi connectivity index (χ2n) is 5.03. The number of pyridine rings is 1. The number of halogens is 1. The van der Waals surface area contributed by atoms with Crippen molar-refractivity contribution < 1.29 is 4.39 Å². The smallest absolute Gasteiger partial charge is 0.193 e. The molecule has 0 aliphatic rings. The van der Waals surface area contributed by atoms with Gasteiger partial charge >= 0.3 is 0 Å². The Bertz CT molecular complexity index is 613. The predicted molar refractivity (Wildman–Crippen MR) is 87.2 cm³/mol. The third-order valence-electron chi connectivity index (χ3n) is 3.27. The van der Waals surface area contributed by atoms with Crippen molar-refractivity contribution in [2.75, 3.05) is 20.6 Å². The second kappa shape index (κ2) is 8.12. The predicted octanol–water partition coefficient (Wildman–Crippen LogP) is 2.47. The zero-order valence-corrected chi connectivity index (χ0v) is 13.0. The monoisotopic (exact) mass is 300 g/mol. The van der Waals surface area contributed by atoms with E-state index in [4.69, 9.17) is 0 Å². The molecular formula is C17H21FN4. The Kier molecular flexibility index (Phi) is 5.89. The van der Waals surface area contributed by atoms with Crippen molar-refractivity contribution in [3.05, 3.63) is 65.7 Å². The van der Waals surface area contributed by atoms with Crippen LogP contribution in [0.15, 0.2) is 53.7 Å². The first-order valence-corrected chi connectivity index (χ1v) is 7.25. The molecule has 4 nitrogen and oxygen atoms in total. The van der Waals surface area contributed by atoms with Gasteiger partial charge in [-0.05, 0) is 29.8 Å². The summed E-state index contributed by atoms with van der Waals surface area (Å²) in [5.74, 6) is 0.559. The normalized spacial score (nSPS) is 11.3. The molecule has 0 unspecified atom stereocenters. The fourth-order valence-corrected chi connectivity index (χ4v) is 2.22. The average molecular weight is 300 g/mol. The summed E-state index contributed by atoms with van der Waals surface area (Å²) in [5.41, 5.74) is 1.95. The summed E-state index contributed by atoms with van der Waals surface area (Å²) >= 11 is 0. The van der Waals surface area contributed by atoms with Crippen LogP contribution >= 0.6 is 0 Å². The number of guanidine groups is 1. The van der Waals surface area contributed by atoms with Crippen molar-refractivity contribution in [1.82, 2.24) is 15.2 Å². The van der Waals surface area contributed by atoms with Crippen LogP contribution in [0.2, 0.25) is 0 Å². The van der Waals surface area contributed by atoms with E-state index in [9.17, 15) is 4.39 Å². The lowest BCUT2D eigenvalue weighted by molar-refractivity contribution is 0.475. The Morgan fingerprint density at radius 2 is 2.14 bits per heavy atom. The maximum atomic E-state index is 13.2. The molecule has 1 aromatic heterocycles. The lowest BCUT2D eigenvalue weighted by Crippen LogP contribution is -2.39. The summed E-state index contributed by atoms with van der Waals surface area (Å²) < 4.78 is 13.2. The number of aromatic nitrogens is 1. The zero-order chi connectivity index (χ0) is 15.8. The fourth-order valence-electron chi connectivity index (χ4n) is 2.22. The van der Waals surface area contributed by atoms with E-state index in [1.807, 2.05) is 36.2 Å². The average Bonchev–Trinajstić information content (AvgIpc) is 2.52. The molecule has 0 saturated heterocycles. The summed E-state index contributed by atoms with van der Waals surface area (Å²) in [6.07, 6.45) is 2.62. The molecule has 1 aromatic carbocycles. The molecule has 116 valence electrons. The van der Waals surface area contributed by atoms with Crippen molar-refractivity contribution in [2.24, 2.45) is 4.99 Å². The first-order valence-electron chi connectivity index (χ1n) is 7.25. The minimum Gasteiger partial charge on any atom is -0.356 e. The number of hydrogen-bond donors (Lipinski definition) is 1. The molecule has 2 rings (SSSR count). The Morgan fingerprint density at radius 1 is 1.27 bits per heavy atom. The highest BCUT2D eigenvalue weighted by molar-refractivity contribution is 5.79. The van der Waals surface area contributed by atoms with Crippen LogP contribution in [0.3, 0.4) is 0 Å². The quantitative estimate of drug-likeness (QED) is 0.681. The van der Waals surface area contributed by atoms with Crippen LogP contribution in [0.4, 0.5) is 4.39 Å². The number of benzene rings is 1. The molecule has 1 heterocycles. The van der Waals surface area contributed by atoms with E-state index in [1.165, 1.54) is 12.1 Å². The van der Waals surface area contributed by atoms with Gasteiger partial charge in [0, 0.05) is 45.5 Å². The van der Waals surface area contributed by atoms with Gasteiger partial charge < -0.3 is 10.2 Å². The van der Waals surface area contributed by atoms with Crippen LogP contribution < -0.4 is 5.32 Å². The SMILES string of the molecule is CN=C(NCCc1ccccn1)N(C)Cc1cccc(F)c1. The Balaban J connectivity index is 1.85. The summed E-state index contributed by atoms with van der Waals surface area (Å²) in [4.78, 5) is 10.5. The van der Waals surface area contributed by atoms with Crippen LogP contribution in [0.25, 0.3) is 0 Å². The van der Waals surface area contributed by atoms with Crippen molar-refractivity contribution in [2.45, 2.75) is 13.0 Å². The number of nitrogens with one attached hydrogen (secondary N) is 1. The van der Waals surface area contributed by atoms with Gasteiger partial charge in [0.15, 0.2) is 5.96 Å². The molecule has 0 atom stereocenters. The first kappa shape index (κ1) is 15.9. The van der Waals surface area contributed by atoms with Gasteiger partial charge in [0.2, 0.25) is 0 Å². The van der Waals surface area contributed by atoms with Crippen LogP contribution in [-0.4, -0.2) is 36.5 Å². The molecule has 0 amide bonds. The third-order valence-corrected chi connectivity index (χ3v) is 3.27. The topological polar surface area (TPSA) is 40.5 Å². The third kappa shape index (κ3) is 4.84. The lowest BCUT2D eigenvalue weighted by atomic mass is 10.2. The second-order valence-corrected chi connectivity index (χ2v) is 5.03. The molecule has 0 aliphatic heterocycles. The van der Waals surface area contributed by atoms with Crippen molar-refractivity contribution in [3.63, 3.8) is 0 Å². The molecular weight excluding hydrogens is 279 g/mol. The summed E-state index contributed by atoms with van der Waals surface area (Å²) in [5, 5.41) is 3.29. The Hall–Kier alpha value is -2.43.